The second kappa shape index (κ2) is 10.4. The van der Waals surface area contributed by atoms with Gasteiger partial charge in [-0.05, 0) is 43.7 Å². The lowest BCUT2D eigenvalue weighted by atomic mass is 9.97. The monoisotopic (exact) mass is 410 g/mol. The molecule has 2 heterocycles. The van der Waals surface area contributed by atoms with Crippen molar-refractivity contribution in [2.75, 3.05) is 26.2 Å². The van der Waals surface area contributed by atoms with Gasteiger partial charge in [-0.3, -0.25) is 19.7 Å². The van der Waals surface area contributed by atoms with Crippen LogP contribution in [0.2, 0.25) is 0 Å². The number of halogens is 1. The number of hydrogen-bond donors (Lipinski definition) is 2. The van der Waals surface area contributed by atoms with E-state index >= 15 is 0 Å². The van der Waals surface area contributed by atoms with E-state index in [1.165, 1.54) is 12.1 Å². The van der Waals surface area contributed by atoms with Gasteiger partial charge in [0.1, 0.15) is 0 Å². The van der Waals surface area contributed by atoms with E-state index in [-0.39, 0.29) is 48.3 Å². The van der Waals surface area contributed by atoms with Gasteiger partial charge >= 0.3 is 0 Å². The van der Waals surface area contributed by atoms with Crippen molar-refractivity contribution in [3.05, 3.63) is 39.9 Å². The quantitative estimate of drug-likeness (QED) is 0.548. The van der Waals surface area contributed by atoms with Crippen molar-refractivity contribution in [1.29, 1.82) is 0 Å². The lowest BCUT2D eigenvalue weighted by Gasteiger charge is -2.33. The highest BCUT2D eigenvalue weighted by Gasteiger charge is 2.26. The average Bonchev–Trinajstić information content (AvgIpc) is 3.21. The number of nitro benzene ring substituents is 1. The van der Waals surface area contributed by atoms with Gasteiger partial charge in [-0.2, -0.15) is 0 Å². The molecular formula is C19H27ClN4O4. The van der Waals surface area contributed by atoms with Crippen molar-refractivity contribution < 1.29 is 14.5 Å². The largest absolute Gasteiger partial charge is 0.354 e. The van der Waals surface area contributed by atoms with E-state index < -0.39 is 4.92 Å². The van der Waals surface area contributed by atoms with Crippen LogP contribution < -0.4 is 10.6 Å². The number of benzene rings is 1. The van der Waals surface area contributed by atoms with Gasteiger partial charge in [0.05, 0.1) is 17.4 Å². The van der Waals surface area contributed by atoms with E-state index in [2.05, 4.69) is 10.6 Å². The second-order valence-electron chi connectivity index (χ2n) is 7.35. The zero-order valence-electron chi connectivity index (χ0n) is 15.8. The zero-order valence-corrected chi connectivity index (χ0v) is 16.6. The number of carbonyl (C=O) groups is 2. The first-order valence-corrected chi connectivity index (χ1v) is 9.55. The molecule has 2 fully saturated rings. The number of likely N-dealkylation sites (tertiary alicyclic amines) is 1. The Morgan fingerprint density at radius 3 is 2.82 bits per heavy atom. The molecule has 3 rings (SSSR count). The summed E-state index contributed by atoms with van der Waals surface area (Å²) >= 11 is 0. The van der Waals surface area contributed by atoms with Crippen molar-refractivity contribution >= 4 is 29.9 Å². The molecule has 9 heteroatoms. The van der Waals surface area contributed by atoms with Gasteiger partial charge in [-0.25, -0.2) is 0 Å². The Morgan fingerprint density at radius 1 is 1.29 bits per heavy atom. The fourth-order valence-corrected chi connectivity index (χ4v) is 3.80. The molecule has 0 bridgehead atoms. The number of piperidine rings is 1. The smallest absolute Gasteiger partial charge is 0.269 e. The zero-order chi connectivity index (χ0) is 19.2. The van der Waals surface area contributed by atoms with Crippen LogP contribution in [-0.2, 0) is 16.0 Å². The van der Waals surface area contributed by atoms with Crippen LogP contribution in [0.3, 0.4) is 0 Å². The number of nitrogens with zero attached hydrogens (tertiary/aromatic N) is 2. The average molecular weight is 411 g/mol. The van der Waals surface area contributed by atoms with Gasteiger partial charge in [-0.15, -0.1) is 12.4 Å². The topological polar surface area (TPSA) is 105 Å². The summed E-state index contributed by atoms with van der Waals surface area (Å²) in [5.41, 5.74) is 0.650. The van der Waals surface area contributed by atoms with E-state index in [0.29, 0.717) is 25.2 Å². The van der Waals surface area contributed by atoms with E-state index in [0.717, 1.165) is 32.2 Å². The first kappa shape index (κ1) is 22.1. The van der Waals surface area contributed by atoms with Gasteiger partial charge in [0.15, 0.2) is 0 Å². The third-order valence-corrected chi connectivity index (χ3v) is 5.29. The van der Waals surface area contributed by atoms with Crippen LogP contribution in [0.4, 0.5) is 5.69 Å². The SMILES string of the molecule is Cl.O=C(NCC1CCCN(C(=O)Cc2cccc([N+](=O)[O-])c2)C1)C1CCCN1. The van der Waals surface area contributed by atoms with E-state index in [9.17, 15) is 19.7 Å². The van der Waals surface area contributed by atoms with Crippen LogP contribution >= 0.6 is 12.4 Å². The van der Waals surface area contributed by atoms with Crippen LogP contribution in [0.5, 0.6) is 0 Å². The minimum atomic E-state index is -0.452. The van der Waals surface area contributed by atoms with Crippen LogP contribution in [0, 0.1) is 16.0 Å². The van der Waals surface area contributed by atoms with Gasteiger partial charge in [0, 0.05) is 31.8 Å². The van der Waals surface area contributed by atoms with E-state index in [4.69, 9.17) is 0 Å². The minimum absolute atomic E-state index is 0. The molecule has 2 aliphatic heterocycles. The normalized spacial score (nSPS) is 21.6. The highest BCUT2D eigenvalue weighted by Crippen LogP contribution is 2.19. The number of hydrogen-bond acceptors (Lipinski definition) is 5. The van der Waals surface area contributed by atoms with Gasteiger partial charge < -0.3 is 15.5 Å². The molecule has 2 atom stereocenters. The Morgan fingerprint density at radius 2 is 2.11 bits per heavy atom. The predicted molar refractivity (Wildman–Crippen MR) is 107 cm³/mol. The molecule has 2 amide bonds. The highest BCUT2D eigenvalue weighted by atomic mass is 35.5. The summed E-state index contributed by atoms with van der Waals surface area (Å²) in [6.07, 6.45) is 3.96. The molecule has 1 aromatic rings. The molecule has 8 nitrogen and oxygen atoms in total. The molecular weight excluding hydrogens is 384 g/mol. The third-order valence-electron chi connectivity index (χ3n) is 5.29. The number of non-ortho nitro benzene ring substituents is 1. The number of amides is 2. The maximum absolute atomic E-state index is 12.6. The number of carbonyl (C=O) groups excluding carboxylic acids is 2. The summed E-state index contributed by atoms with van der Waals surface area (Å²) in [6, 6.07) is 6.13. The lowest BCUT2D eigenvalue weighted by molar-refractivity contribution is -0.384. The van der Waals surface area contributed by atoms with Crippen LogP contribution in [-0.4, -0.2) is 53.9 Å². The number of nitro groups is 1. The molecule has 2 N–H and O–H groups in total. The molecule has 2 unspecified atom stereocenters. The Kier molecular flexibility index (Phi) is 8.19. The Hall–Kier alpha value is -2.19. The lowest BCUT2D eigenvalue weighted by Crippen LogP contribution is -2.47. The first-order chi connectivity index (χ1) is 13.0. The first-order valence-electron chi connectivity index (χ1n) is 9.55. The van der Waals surface area contributed by atoms with Crippen LogP contribution in [0.25, 0.3) is 0 Å². The molecule has 0 saturated carbocycles. The number of nitrogens with one attached hydrogen (secondary N) is 2. The van der Waals surface area contributed by atoms with E-state index in [1.54, 1.807) is 12.1 Å². The minimum Gasteiger partial charge on any atom is -0.354 e. The predicted octanol–water partition coefficient (Wildman–Crippen LogP) is 1.67. The van der Waals surface area contributed by atoms with Gasteiger partial charge in [0.2, 0.25) is 11.8 Å². The maximum Gasteiger partial charge on any atom is 0.269 e. The summed E-state index contributed by atoms with van der Waals surface area (Å²) in [6.45, 7) is 2.79. The maximum atomic E-state index is 12.6. The second-order valence-corrected chi connectivity index (χ2v) is 7.35. The fraction of sp³-hybridized carbons (Fsp3) is 0.579. The summed E-state index contributed by atoms with van der Waals surface area (Å²) in [5, 5.41) is 17.1. The van der Waals surface area contributed by atoms with Crippen molar-refractivity contribution in [2.45, 2.75) is 38.1 Å². The highest BCUT2D eigenvalue weighted by molar-refractivity contribution is 5.85. The summed E-state index contributed by atoms with van der Waals surface area (Å²) < 4.78 is 0. The molecule has 0 aliphatic carbocycles. The number of rotatable bonds is 6. The van der Waals surface area contributed by atoms with Crippen molar-refractivity contribution in [2.24, 2.45) is 5.92 Å². The Labute approximate surface area is 170 Å². The summed E-state index contributed by atoms with van der Waals surface area (Å²) in [7, 11) is 0. The Balaban J connectivity index is 0.00000280. The van der Waals surface area contributed by atoms with Crippen molar-refractivity contribution in [3.63, 3.8) is 0 Å². The molecule has 2 aliphatic rings. The Bertz CT molecular complexity index is 709. The van der Waals surface area contributed by atoms with E-state index in [1.807, 2.05) is 4.90 Å². The summed E-state index contributed by atoms with van der Waals surface area (Å²) in [4.78, 5) is 37.0. The van der Waals surface area contributed by atoms with Crippen molar-refractivity contribution in [1.82, 2.24) is 15.5 Å². The van der Waals surface area contributed by atoms with Gasteiger partial charge in [0.25, 0.3) is 5.69 Å². The van der Waals surface area contributed by atoms with Gasteiger partial charge in [-0.1, -0.05) is 12.1 Å². The third kappa shape index (κ3) is 5.90. The molecule has 28 heavy (non-hydrogen) atoms. The molecule has 2 saturated heterocycles. The van der Waals surface area contributed by atoms with Crippen molar-refractivity contribution in [3.8, 4) is 0 Å². The molecule has 0 aromatic heterocycles. The molecule has 0 radical (unpaired) electrons. The standard InChI is InChI=1S/C19H26N4O4.ClH/c24-18(11-14-4-1-6-16(10-14)23(26)27)22-9-3-5-15(13-22)12-21-19(25)17-7-2-8-20-17;/h1,4,6,10,15,17,20H,2-3,5,7-9,11-13H2,(H,21,25);1H. The fourth-order valence-electron chi connectivity index (χ4n) is 3.80. The summed E-state index contributed by atoms with van der Waals surface area (Å²) in [5.74, 6) is 0.273. The van der Waals surface area contributed by atoms with Crippen LogP contribution in [0.1, 0.15) is 31.2 Å². The molecule has 154 valence electrons. The molecule has 1 aromatic carbocycles. The van der Waals surface area contributed by atoms with Crippen LogP contribution in [0.15, 0.2) is 24.3 Å². The molecule has 0 spiro atoms.